The van der Waals surface area contributed by atoms with Crippen LogP contribution in [-0.2, 0) is 24.7 Å². The molecule has 0 aromatic heterocycles. The minimum absolute atomic E-state index is 0.134. The number of hydrogen-bond donors (Lipinski definition) is 3. The molecule has 2 saturated heterocycles. The highest BCUT2D eigenvalue weighted by Crippen LogP contribution is 2.54. The van der Waals surface area contributed by atoms with Gasteiger partial charge in [-0.2, -0.15) is 0 Å². The summed E-state index contributed by atoms with van der Waals surface area (Å²) in [5.41, 5.74) is -0.496. The van der Waals surface area contributed by atoms with E-state index in [1.165, 1.54) is 4.90 Å². The van der Waals surface area contributed by atoms with Crippen LogP contribution >= 0.6 is 11.6 Å². The number of hydrogen-bond acceptors (Lipinski definition) is 5. The highest BCUT2D eigenvalue weighted by Gasteiger charge is 2.70. The number of carbonyl (C=O) groups is 4. The van der Waals surface area contributed by atoms with Gasteiger partial charge in [0.1, 0.15) is 5.54 Å². The van der Waals surface area contributed by atoms with E-state index in [-0.39, 0.29) is 24.8 Å². The Bertz CT molecular complexity index is 935. The van der Waals surface area contributed by atoms with Crippen molar-refractivity contribution in [2.75, 3.05) is 5.32 Å². The van der Waals surface area contributed by atoms with Crippen molar-refractivity contribution in [3.8, 4) is 0 Å². The summed E-state index contributed by atoms with van der Waals surface area (Å²) in [6.07, 6.45) is 0.548. The van der Waals surface area contributed by atoms with Crippen LogP contribution in [0.3, 0.4) is 0 Å². The summed E-state index contributed by atoms with van der Waals surface area (Å²) in [5, 5.41) is 15.4. The third kappa shape index (κ3) is 2.62. The molecule has 0 aliphatic carbocycles. The van der Waals surface area contributed by atoms with E-state index in [1.54, 1.807) is 25.1 Å². The maximum Gasteiger partial charge on any atom is 0.303 e. The Kier molecular flexibility index (Phi) is 4.66. The summed E-state index contributed by atoms with van der Waals surface area (Å²) in [6.45, 7) is 3.68. The second-order valence-corrected chi connectivity index (χ2v) is 8.32. The van der Waals surface area contributed by atoms with Gasteiger partial charge in [0.15, 0.2) is 0 Å². The second kappa shape index (κ2) is 6.81. The minimum Gasteiger partial charge on any atom is -0.481 e. The van der Waals surface area contributed by atoms with Crippen molar-refractivity contribution in [1.29, 1.82) is 0 Å². The van der Waals surface area contributed by atoms with Gasteiger partial charge in [-0.05, 0) is 25.8 Å². The number of rotatable bonds is 5. The number of nitrogens with one attached hydrogen (secondary N) is 2. The smallest absolute Gasteiger partial charge is 0.303 e. The van der Waals surface area contributed by atoms with Gasteiger partial charge in [-0.25, -0.2) is 0 Å². The van der Waals surface area contributed by atoms with Gasteiger partial charge in [-0.3, -0.25) is 29.4 Å². The molecule has 29 heavy (non-hydrogen) atoms. The molecule has 4 rings (SSSR count). The Hall–Kier alpha value is -2.45. The monoisotopic (exact) mass is 419 g/mol. The fourth-order valence-electron chi connectivity index (χ4n) is 4.96. The number of imide groups is 1. The van der Waals surface area contributed by atoms with E-state index in [1.807, 2.05) is 6.92 Å². The maximum atomic E-state index is 13.4. The van der Waals surface area contributed by atoms with Crippen LogP contribution in [0.15, 0.2) is 18.2 Å². The van der Waals surface area contributed by atoms with Crippen molar-refractivity contribution >= 4 is 41.0 Å². The van der Waals surface area contributed by atoms with E-state index in [9.17, 15) is 19.2 Å². The molecule has 0 unspecified atom stereocenters. The van der Waals surface area contributed by atoms with Gasteiger partial charge >= 0.3 is 5.97 Å². The fourth-order valence-corrected chi connectivity index (χ4v) is 5.18. The molecule has 3 N–H and O–H groups in total. The summed E-state index contributed by atoms with van der Waals surface area (Å²) in [7, 11) is 0. The molecule has 3 amide bonds. The summed E-state index contributed by atoms with van der Waals surface area (Å²) in [4.78, 5) is 52.3. The molecule has 154 valence electrons. The number of nitrogens with zero attached hydrogens (tertiary/aromatic N) is 1. The molecule has 3 aliphatic heterocycles. The standard InChI is InChI=1S/C20H22ClN3O5/c1-3-9(2)24-17(27)14-12(7-8-13(25)26)23-20(15(14)18(24)28)10-5-4-6-11(21)16(10)22-19(20)29/h4-6,9,12,14-15,23H,3,7-8H2,1-2H3,(H,22,29)(H,25,26)/t9-,12-,14+,15+,20+/m0/s1. The number of amides is 3. The van der Waals surface area contributed by atoms with Crippen LogP contribution < -0.4 is 10.6 Å². The van der Waals surface area contributed by atoms with Crippen LogP contribution in [0.4, 0.5) is 5.69 Å². The molecular weight excluding hydrogens is 398 g/mol. The molecule has 2 fully saturated rings. The van der Waals surface area contributed by atoms with Gasteiger partial charge < -0.3 is 10.4 Å². The third-order valence-electron chi connectivity index (χ3n) is 6.43. The van der Waals surface area contributed by atoms with Crippen LogP contribution in [0, 0.1) is 11.8 Å². The number of fused-ring (bicyclic) bond motifs is 4. The Morgan fingerprint density at radius 1 is 1.31 bits per heavy atom. The van der Waals surface area contributed by atoms with E-state index in [0.29, 0.717) is 22.7 Å². The van der Waals surface area contributed by atoms with Gasteiger partial charge in [0.05, 0.1) is 22.5 Å². The number of aliphatic carboxylic acids is 1. The number of carboxylic acids is 1. The quantitative estimate of drug-likeness (QED) is 0.626. The molecule has 8 nitrogen and oxygen atoms in total. The molecule has 1 aromatic rings. The largest absolute Gasteiger partial charge is 0.481 e. The van der Waals surface area contributed by atoms with Gasteiger partial charge in [-0.15, -0.1) is 0 Å². The van der Waals surface area contributed by atoms with Crippen LogP contribution in [-0.4, -0.2) is 45.8 Å². The lowest BCUT2D eigenvalue weighted by molar-refractivity contribution is -0.145. The average Bonchev–Trinajstić information content (AvgIpc) is 3.26. The predicted octanol–water partition coefficient (Wildman–Crippen LogP) is 1.72. The summed E-state index contributed by atoms with van der Waals surface area (Å²) in [5.74, 6) is -3.94. The van der Waals surface area contributed by atoms with E-state index < -0.39 is 41.2 Å². The van der Waals surface area contributed by atoms with Crippen LogP contribution in [0.2, 0.25) is 5.02 Å². The molecule has 0 radical (unpaired) electrons. The lowest BCUT2D eigenvalue weighted by atomic mass is 9.76. The van der Waals surface area contributed by atoms with E-state index in [4.69, 9.17) is 16.7 Å². The van der Waals surface area contributed by atoms with Crippen LogP contribution in [0.1, 0.15) is 38.7 Å². The predicted molar refractivity (Wildman–Crippen MR) is 104 cm³/mol. The molecule has 0 saturated carbocycles. The summed E-state index contributed by atoms with van der Waals surface area (Å²) in [6, 6.07) is 4.13. The number of halogens is 1. The van der Waals surface area contributed by atoms with Crippen molar-refractivity contribution < 1.29 is 24.3 Å². The van der Waals surface area contributed by atoms with Crippen molar-refractivity contribution in [3.63, 3.8) is 0 Å². The highest BCUT2D eigenvalue weighted by atomic mass is 35.5. The third-order valence-corrected chi connectivity index (χ3v) is 6.75. The Labute approximate surface area is 172 Å². The van der Waals surface area contributed by atoms with E-state index in [2.05, 4.69) is 10.6 Å². The van der Waals surface area contributed by atoms with Crippen molar-refractivity contribution in [2.24, 2.45) is 11.8 Å². The molecule has 1 aromatic carbocycles. The number of anilines is 1. The molecular formula is C20H22ClN3O5. The Morgan fingerprint density at radius 2 is 2.03 bits per heavy atom. The molecule has 0 bridgehead atoms. The van der Waals surface area contributed by atoms with Gasteiger partial charge in [0, 0.05) is 24.1 Å². The first-order chi connectivity index (χ1) is 13.7. The van der Waals surface area contributed by atoms with Crippen molar-refractivity contribution in [1.82, 2.24) is 10.2 Å². The second-order valence-electron chi connectivity index (χ2n) is 7.91. The number of likely N-dealkylation sites (tertiary alicyclic amines) is 1. The zero-order chi connectivity index (χ0) is 21.1. The Balaban J connectivity index is 1.86. The van der Waals surface area contributed by atoms with Gasteiger partial charge in [0.2, 0.25) is 17.7 Å². The van der Waals surface area contributed by atoms with Crippen LogP contribution in [0.25, 0.3) is 0 Å². The first-order valence-electron chi connectivity index (χ1n) is 9.70. The number of carbonyl (C=O) groups excluding carboxylic acids is 3. The lowest BCUT2D eigenvalue weighted by Gasteiger charge is -2.31. The molecule has 5 atom stereocenters. The highest BCUT2D eigenvalue weighted by molar-refractivity contribution is 6.35. The average molecular weight is 420 g/mol. The number of benzene rings is 1. The zero-order valence-corrected chi connectivity index (χ0v) is 16.8. The van der Waals surface area contributed by atoms with E-state index in [0.717, 1.165) is 0 Å². The number of carboxylic acid groups (broad SMARTS) is 1. The van der Waals surface area contributed by atoms with E-state index >= 15 is 0 Å². The molecule has 9 heteroatoms. The van der Waals surface area contributed by atoms with Gasteiger partial charge in [-0.1, -0.05) is 30.7 Å². The first-order valence-corrected chi connectivity index (χ1v) is 10.1. The van der Waals surface area contributed by atoms with Crippen molar-refractivity contribution in [3.05, 3.63) is 28.8 Å². The minimum atomic E-state index is -1.44. The Morgan fingerprint density at radius 3 is 2.69 bits per heavy atom. The SMILES string of the molecule is CC[C@H](C)N1C(=O)[C@@H]2[C@H](CCC(=O)O)N[C@@]3(C(=O)Nc4c(Cl)cccc43)[C@H]2C1=O. The first kappa shape index (κ1) is 19.8. The number of para-hydroxylation sites is 1. The van der Waals surface area contributed by atoms with Crippen LogP contribution in [0.5, 0.6) is 0 Å². The summed E-state index contributed by atoms with van der Waals surface area (Å²) < 4.78 is 0. The normalized spacial score (nSPS) is 31.2. The van der Waals surface area contributed by atoms with Gasteiger partial charge in [0.25, 0.3) is 0 Å². The molecule has 3 aliphatic rings. The molecule has 1 spiro atoms. The lowest BCUT2D eigenvalue weighted by Crippen LogP contribution is -2.54. The topological polar surface area (TPSA) is 116 Å². The maximum absolute atomic E-state index is 13.4. The zero-order valence-electron chi connectivity index (χ0n) is 16.1. The summed E-state index contributed by atoms with van der Waals surface area (Å²) >= 11 is 6.26. The fraction of sp³-hybridized carbons (Fsp3) is 0.500. The molecule has 3 heterocycles. The van der Waals surface area contributed by atoms with Crippen molar-refractivity contribution in [2.45, 2.75) is 50.7 Å².